The minimum Gasteiger partial charge on any atom is -0.426 e. The minimum atomic E-state index is -0.319. The summed E-state index contributed by atoms with van der Waals surface area (Å²) in [6, 6.07) is 7.44. The summed E-state index contributed by atoms with van der Waals surface area (Å²) in [5.41, 5.74) is 0.904. The molecule has 1 aromatic rings. The van der Waals surface area contributed by atoms with Gasteiger partial charge in [0, 0.05) is 30.6 Å². The van der Waals surface area contributed by atoms with Crippen molar-refractivity contribution >= 4 is 18.6 Å². The molecule has 0 aliphatic heterocycles. The second kappa shape index (κ2) is 7.84. The molecule has 1 unspecified atom stereocenters. The van der Waals surface area contributed by atoms with Crippen LogP contribution in [0.15, 0.2) is 24.3 Å². The summed E-state index contributed by atoms with van der Waals surface area (Å²) in [7, 11) is 0. The first-order chi connectivity index (χ1) is 8.65. The fourth-order valence-corrected chi connectivity index (χ4v) is 1.80. The van der Waals surface area contributed by atoms with Gasteiger partial charge in [-0.05, 0) is 12.5 Å². The Kier molecular flexibility index (Phi) is 6.38. The number of carbonyl (C=O) groups excluding carboxylic acids is 1. The number of para-hydroxylation sites is 1. The fraction of sp³-hybridized carbons (Fsp3) is 0.400. The van der Waals surface area contributed by atoms with Gasteiger partial charge in [0.05, 0.1) is 0 Å². The molecule has 1 rings (SSSR count). The Balaban J connectivity index is 2.76. The van der Waals surface area contributed by atoms with Crippen LogP contribution in [0.3, 0.4) is 0 Å². The van der Waals surface area contributed by atoms with Crippen LogP contribution in [0.4, 0.5) is 0 Å². The van der Waals surface area contributed by atoms with Crippen LogP contribution in [-0.2, 0) is 4.79 Å². The number of benzene rings is 1. The monoisotopic (exact) mass is 262 g/mol. The molecular weight excluding hydrogens is 244 g/mol. The van der Waals surface area contributed by atoms with Crippen LogP contribution in [-0.4, -0.2) is 5.97 Å². The molecule has 0 saturated heterocycles. The van der Waals surface area contributed by atoms with Crippen molar-refractivity contribution in [2.75, 3.05) is 0 Å². The van der Waals surface area contributed by atoms with Gasteiger partial charge in [0.15, 0.2) is 0 Å². The smallest absolute Gasteiger partial charge is 0.308 e. The van der Waals surface area contributed by atoms with E-state index in [9.17, 15) is 4.79 Å². The Morgan fingerprint density at radius 1 is 1.39 bits per heavy atom. The Bertz CT molecular complexity index is 457. The van der Waals surface area contributed by atoms with Gasteiger partial charge in [-0.15, -0.1) is 11.8 Å². The van der Waals surface area contributed by atoms with Crippen molar-refractivity contribution in [2.24, 2.45) is 0 Å². The number of ether oxygens (including phenoxy) is 1. The molecule has 3 heteroatoms. The number of hydrogen-bond donors (Lipinski definition) is 1. The van der Waals surface area contributed by atoms with Crippen LogP contribution >= 0.6 is 12.6 Å². The maximum Gasteiger partial charge on any atom is 0.308 e. The lowest BCUT2D eigenvalue weighted by Crippen LogP contribution is -2.04. The summed E-state index contributed by atoms with van der Waals surface area (Å²) in [6.45, 7) is 3.49. The van der Waals surface area contributed by atoms with E-state index in [2.05, 4.69) is 31.4 Å². The van der Waals surface area contributed by atoms with Crippen molar-refractivity contribution in [3.05, 3.63) is 29.8 Å². The summed E-state index contributed by atoms with van der Waals surface area (Å²) in [6.07, 6.45) is 2.63. The third kappa shape index (κ3) is 4.85. The van der Waals surface area contributed by atoms with E-state index in [1.807, 2.05) is 18.2 Å². The molecule has 2 nitrogen and oxygen atoms in total. The predicted octanol–water partition coefficient (Wildman–Crippen LogP) is 3.78. The molecule has 0 aromatic heterocycles. The second-order valence-electron chi connectivity index (χ2n) is 3.95. The fourth-order valence-electron chi connectivity index (χ4n) is 1.50. The van der Waals surface area contributed by atoms with Crippen LogP contribution < -0.4 is 4.74 Å². The topological polar surface area (TPSA) is 26.3 Å². The predicted molar refractivity (Wildman–Crippen MR) is 76.8 cm³/mol. The van der Waals surface area contributed by atoms with Gasteiger partial charge in [0.25, 0.3) is 0 Å². The van der Waals surface area contributed by atoms with E-state index in [1.165, 1.54) is 6.92 Å². The molecule has 0 N–H and O–H groups in total. The van der Waals surface area contributed by atoms with E-state index in [-0.39, 0.29) is 11.2 Å². The molecule has 1 atom stereocenters. The van der Waals surface area contributed by atoms with Gasteiger partial charge in [-0.25, -0.2) is 0 Å². The molecule has 0 bridgehead atoms. The van der Waals surface area contributed by atoms with Crippen LogP contribution in [0.2, 0.25) is 0 Å². The average Bonchev–Trinajstić information content (AvgIpc) is 2.34. The number of carbonyl (C=O) groups is 1. The van der Waals surface area contributed by atoms with Gasteiger partial charge < -0.3 is 4.74 Å². The maximum absolute atomic E-state index is 11.0. The normalized spacial score (nSPS) is 11.3. The highest BCUT2D eigenvalue weighted by Crippen LogP contribution is 2.31. The number of esters is 1. The third-order valence-electron chi connectivity index (χ3n) is 2.33. The Labute approximate surface area is 114 Å². The molecule has 0 radical (unpaired) electrons. The first-order valence-electron chi connectivity index (χ1n) is 6.06. The molecule has 18 heavy (non-hydrogen) atoms. The molecule has 0 saturated carbocycles. The van der Waals surface area contributed by atoms with Crippen molar-refractivity contribution in [1.82, 2.24) is 0 Å². The van der Waals surface area contributed by atoms with Crippen molar-refractivity contribution < 1.29 is 9.53 Å². The Hall–Kier alpha value is -1.40. The molecule has 0 heterocycles. The standard InChI is InChI=1S/C15H18O2S/c1-3-4-5-6-11-15(18)13-9-7-8-10-14(13)17-12(2)16/h7-10,15,18H,3-4,11H2,1-2H3. The minimum absolute atomic E-state index is 0.0371. The summed E-state index contributed by atoms with van der Waals surface area (Å²) < 4.78 is 5.16. The summed E-state index contributed by atoms with van der Waals surface area (Å²) in [5, 5.41) is -0.0371. The lowest BCUT2D eigenvalue weighted by Gasteiger charge is -2.12. The van der Waals surface area contributed by atoms with Gasteiger partial charge >= 0.3 is 5.97 Å². The van der Waals surface area contributed by atoms with Crippen LogP contribution in [0.1, 0.15) is 43.9 Å². The Morgan fingerprint density at radius 3 is 2.78 bits per heavy atom. The van der Waals surface area contributed by atoms with Crippen molar-refractivity contribution in [3.8, 4) is 17.6 Å². The highest BCUT2D eigenvalue weighted by molar-refractivity contribution is 7.80. The molecule has 0 aliphatic rings. The zero-order chi connectivity index (χ0) is 13.4. The molecule has 96 valence electrons. The van der Waals surface area contributed by atoms with E-state index in [0.717, 1.165) is 18.4 Å². The zero-order valence-electron chi connectivity index (χ0n) is 10.8. The van der Waals surface area contributed by atoms with E-state index in [4.69, 9.17) is 4.74 Å². The largest absolute Gasteiger partial charge is 0.426 e. The van der Waals surface area contributed by atoms with E-state index < -0.39 is 0 Å². The number of thiol groups is 1. The molecule has 0 amide bonds. The van der Waals surface area contributed by atoms with E-state index in [0.29, 0.717) is 12.2 Å². The van der Waals surface area contributed by atoms with Gasteiger partial charge in [-0.3, -0.25) is 4.79 Å². The van der Waals surface area contributed by atoms with Crippen molar-refractivity contribution in [2.45, 2.75) is 38.4 Å². The van der Waals surface area contributed by atoms with Crippen molar-refractivity contribution in [3.63, 3.8) is 0 Å². The first-order valence-corrected chi connectivity index (χ1v) is 6.58. The molecule has 1 aromatic carbocycles. The Morgan fingerprint density at radius 2 is 2.11 bits per heavy atom. The summed E-state index contributed by atoms with van der Waals surface area (Å²) in [4.78, 5) is 11.0. The second-order valence-corrected chi connectivity index (χ2v) is 4.58. The summed E-state index contributed by atoms with van der Waals surface area (Å²) >= 11 is 4.52. The summed E-state index contributed by atoms with van der Waals surface area (Å²) in [5.74, 6) is 6.44. The average molecular weight is 262 g/mol. The van der Waals surface area contributed by atoms with Crippen LogP contribution in [0, 0.1) is 11.8 Å². The third-order valence-corrected chi connectivity index (χ3v) is 2.79. The lowest BCUT2D eigenvalue weighted by atomic mass is 10.1. The van der Waals surface area contributed by atoms with Gasteiger partial charge in [-0.2, -0.15) is 12.6 Å². The maximum atomic E-state index is 11.0. The molecular formula is C15H18O2S. The van der Waals surface area contributed by atoms with Crippen LogP contribution in [0.5, 0.6) is 5.75 Å². The van der Waals surface area contributed by atoms with E-state index in [1.54, 1.807) is 6.07 Å². The quantitative estimate of drug-likeness (QED) is 0.387. The molecule has 0 aliphatic carbocycles. The van der Waals surface area contributed by atoms with Gasteiger partial charge in [0.1, 0.15) is 5.75 Å². The molecule has 0 spiro atoms. The lowest BCUT2D eigenvalue weighted by molar-refractivity contribution is -0.131. The van der Waals surface area contributed by atoms with Crippen molar-refractivity contribution in [1.29, 1.82) is 0 Å². The van der Waals surface area contributed by atoms with Gasteiger partial charge in [-0.1, -0.05) is 25.1 Å². The number of unbranched alkanes of at least 4 members (excludes halogenated alkanes) is 1. The van der Waals surface area contributed by atoms with Gasteiger partial charge in [0.2, 0.25) is 0 Å². The molecule has 0 fully saturated rings. The first kappa shape index (κ1) is 14.7. The highest BCUT2D eigenvalue weighted by atomic mass is 32.1. The SMILES string of the molecule is CCCC#CCC(S)c1ccccc1OC(C)=O. The van der Waals surface area contributed by atoms with Crippen LogP contribution in [0.25, 0.3) is 0 Å². The number of hydrogen-bond acceptors (Lipinski definition) is 3. The zero-order valence-corrected chi connectivity index (χ0v) is 11.7. The number of rotatable bonds is 4. The highest BCUT2D eigenvalue weighted by Gasteiger charge is 2.12. The van der Waals surface area contributed by atoms with E-state index >= 15 is 0 Å².